The minimum absolute atomic E-state index is 0.160. The van der Waals surface area contributed by atoms with Crippen LogP contribution in [-0.2, 0) is 10.0 Å². The molecular formula is C29H21N4O3S. The lowest BCUT2D eigenvalue weighted by atomic mass is 10.1. The van der Waals surface area contributed by atoms with Crippen LogP contribution < -0.4 is 10.0 Å². The highest BCUT2D eigenvalue weighted by Crippen LogP contribution is 2.35. The molecule has 0 atom stereocenters. The number of furan rings is 1. The smallest absolute Gasteiger partial charge is 0.282 e. The molecule has 37 heavy (non-hydrogen) atoms. The molecule has 0 spiro atoms. The van der Waals surface area contributed by atoms with Gasteiger partial charge in [-0.15, -0.1) is 0 Å². The summed E-state index contributed by atoms with van der Waals surface area (Å²) >= 11 is 0. The van der Waals surface area contributed by atoms with Crippen molar-refractivity contribution in [2.24, 2.45) is 0 Å². The van der Waals surface area contributed by atoms with Crippen LogP contribution in [0, 0.1) is 6.92 Å². The standard InChI is InChI=1S/C29H21N4O3S/c1-19-9-15-22(16-10-19)37(34,35)33-21-13-11-20(12-14-21)32-28-17-26(30-18-31-28)25-7-4-6-24-23-5-2-3-8-27(23)36-29(24)25/h2-18H,1H3,(H,30,31,32). The number of para-hydroxylation sites is 2. The number of rotatable bonds is 6. The van der Waals surface area contributed by atoms with Crippen LogP contribution >= 0.6 is 0 Å². The zero-order valence-corrected chi connectivity index (χ0v) is 20.6. The number of fused-ring (bicyclic) bond motifs is 3. The normalized spacial score (nSPS) is 11.6. The van der Waals surface area contributed by atoms with Crippen LogP contribution in [0.1, 0.15) is 5.56 Å². The predicted octanol–water partition coefficient (Wildman–Crippen LogP) is 6.72. The number of hydrogen-bond acceptors (Lipinski definition) is 6. The summed E-state index contributed by atoms with van der Waals surface area (Å²) in [5.74, 6) is 0.593. The highest BCUT2D eigenvalue weighted by Gasteiger charge is 2.16. The fourth-order valence-corrected chi connectivity index (χ4v) is 5.16. The van der Waals surface area contributed by atoms with Crippen molar-refractivity contribution in [3.05, 3.63) is 109 Å². The van der Waals surface area contributed by atoms with Crippen molar-refractivity contribution < 1.29 is 12.8 Å². The number of aryl methyl sites for hydroxylation is 1. The van der Waals surface area contributed by atoms with E-state index in [1.54, 1.807) is 48.5 Å². The molecule has 2 aromatic heterocycles. The largest absolute Gasteiger partial charge is 0.455 e. The van der Waals surface area contributed by atoms with E-state index in [2.05, 4.69) is 20.0 Å². The van der Waals surface area contributed by atoms with Gasteiger partial charge in [-0.2, -0.15) is 13.1 Å². The van der Waals surface area contributed by atoms with Gasteiger partial charge in [-0.3, -0.25) is 0 Å². The maximum Gasteiger partial charge on any atom is 0.282 e. The molecule has 0 aliphatic heterocycles. The Morgan fingerprint density at radius 1 is 0.811 bits per heavy atom. The second kappa shape index (κ2) is 9.07. The third-order valence-electron chi connectivity index (χ3n) is 6.03. The average molecular weight is 506 g/mol. The first-order valence-electron chi connectivity index (χ1n) is 11.6. The number of anilines is 2. The number of nitrogens with one attached hydrogen (secondary N) is 1. The van der Waals surface area contributed by atoms with E-state index < -0.39 is 10.0 Å². The molecule has 0 unspecified atom stereocenters. The Morgan fingerprint density at radius 2 is 1.57 bits per heavy atom. The topological polar surface area (TPSA) is 99.2 Å². The van der Waals surface area contributed by atoms with E-state index in [0.717, 1.165) is 44.4 Å². The number of benzene rings is 4. The highest BCUT2D eigenvalue weighted by molar-refractivity contribution is 7.89. The molecule has 7 nitrogen and oxygen atoms in total. The molecule has 0 bridgehead atoms. The van der Waals surface area contributed by atoms with Crippen LogP contribution in [0.2, 0.25) is 0 Å². The first-order chi connectivity index (χ1) is 18.0. The minimum Gasteiger partial charge on any atom is -0.455 e. The summed E-state index contributed by atoms with van der Waals surface area (Å²) < 4.78 is 35.3. The van der Waals surface area contributed by atoms with Gasteiger partial charge in [0.05, 0.1) is 16.3 Å². The quantitative estimate of drug-likeness (QED) is 0.270. The zero-order chi connectivity index (χ0) is 25.4. The Bertz CT molecular complexity index is 1850. The average Bonchev–Trinajstić information content (AvgIpc) is 3.29. The van der Waals surface area contributed by atoms with Gasteiger partial charge in [0.15, 0.2) is 0 Å². The maximum absolute atomic E-state index is 12.6. The lowest BCUT2D eigenvalue weighted by molar-refractivity contribution is 0.590. The van der Waals surface area contributed by atoms with Crippen LogP contribution in [0.3, 0.4) is 0 Å². The SMILES string of the molecule is Cc1ccc(S(=O)(=O)[N]c2ccc(Nc3cc(-c4cccc5c4oc4ccccc45)ncn3)cc2)cc1. The van der Waals surface area contributed by atoms with Gasteiger partial charge in [0.1, 0.15) is 23.3 Å². The molecule has 0 amide bonds. The molecule has 0 aliphatic carbocycles. The molecule has 0 saturated carbocycles. The Labute approximate surface area is 213 Å². The molecular weight excluding hydrogens is 484 g/mol. The van der Waals surface area contributed by atoms with Crippen molar-refractivity contribution >= 4 is 49.2 Å². The molecule has 0 fully saturated rings. The summed E-state index contributed by atoms with van der Waals surface area (Å²) in [5.41, 5.74) is 5.25. The summed E-state index contributed by atoms with van der Waals surface area (Å²) in [7, 11) is -3.79. The second-order valence-corrected chi connectivity index (χ2v) is 10.2. The third-order valence-corrected chi connectivity index (χ3v) is 7.35. The Morgan fingerprint density at radius 3 is 2.38 bits per heavy atom. The number of nitrogens with zero attached hydrogens (tertiary/aromatic N) is 3. The molecule has 0 saturated heterocycles. The summed E-state index contributed by atoms with van der Waals surface area (Å²) in [6.45, 7) is 1.90. The van der Waals surface area contributed by atoms with Gasteiger partial charge < -0.3 is 9.73 Å². The molecule has 8 heteroatoms. The van der Waals surface area contributed by atoms with Gasteiger partial charge in [-0.05, 0) is 55.5 Å². The van der Waals surface area contributed by atoms with Gasteiger partial charge >= 0.3 is 0 Å². The maximum atomic E-state index is 12.6. The number of aromatic nitrogens is 2. The van der Waals surface area contributed by atoms with E-state index in [1.165, 1.54) is 6.33 Å². The van der Waals surface area contributed by atoms with Crippen molar-refractivity contribution in [1.29, 1.82) is 0 Å². The Kier molecular flexibility index (Phi) is 5.58. The second-order valence-electron chi connectivity index (χ2n) is 8.62. The molecule has 1 radical (unpaired) electrons. The van der Waals surface area contributed by atoms with Crippen LogP contribution in [0.5, 0.6) is 0 Å². The summed E-state index contributed by atoms with van der Waals surface area (Å²) in [6, 6.07) is 29.2. The first kappa shape index (κ1) is 22.8. The molecule has 0 aliphatic rings. The molecule has 6 aromatic rings. The van der Waals surface area contributed by atoms with E-state index in [9.17, 15) is 8.42 Å². The van der Waals surface area contributed by atoms with Crippen LogP contribution in [-0.4, -0.2) is 18.4 Å². The Balaban J connectivity index is 1.23. The van der Waals surface area contributed by atoms with Gasteiger partial charge in [-0.25, -0.2) is 9.97 Å². The van der Waals surface area contributed by atoms with Crippen molar-refractivity contribution in [3.8, 4) is 11.3 Å². The molecule has 6 rings (SSSR count). The van der Waals surface area contributed by atoms with Gasteiger partial charge in [0.2, 0.25) is 0 Å². The zero-order valence-electron chi connectivity index (χ0n) is 19.8. The van der Waals surface area contributed by atoms with E-state index in [4.69, 9.17) is 4.42 Å². The highest BCUT2D eigenvalue weighted by atomic mass is 32.2. The number of hydrogen-bond donors (Lipinski definition) is 1. The van der Waals surface area contributed by atoms with E-state index >= 15 is 0 Å². The lowest BCUT2D eigenvalue weighted by Crippen LogP contribution is -2.11. The van der Waals surface area contributed by atoms with Crippen LogP contribution in [0.4, 0.5) is 17.2 Å². The van der Waals surface area contributed by atoms with Crippen molar-refractivity contribution in [3.63, 3.8) is 0 Å². The number of sulfonamides is 1. The summed E-state index contributed by atoms with van der Waals surface area (Å²) in [6.07, 6.45) is 1.50. The van der Waals surface area contributed by atoms with Crippen LogP contribution in [0.15, 0.2) is 113 Å². The monoisotopic (exact) mass is 505 g/mol. The van der Waals surface area contributed by atoms with E-state index in [0.29, 0.717) is 11.5 Å². The van der Waals surface area contributed by atoms with E-state index in [-0.39, 0.29) is 4.90 Å². The van der Waals surface area contributed by atoms with Gasteiger partial charge in [0, 0.05) is 28.1 Å². The fourth-order valence-electron chi connectivity index (χ4n) is 4.18. The molecule has 4 aromatic carbocycles. The first-order valence-corrected chi connectivity index (χ1v) is 13.0. The van der Waals surface area contributed by atoms with Gasteiger partial charge in [0.25, 0.3) is 10.0 Å². The van der Waals surface area contributed by atoms with E-state index in [1.807, 2.05) is 55.5 Å². The molecule has 1 N–H and O–H groups in total. The lowest BCUT2D eigenvalue weighted by Gasteiger charge is -2.09. The Hall–Kier alpha value is -4.69. The van der Waals surface area contributed by atoms with Gasteiger partial charge in [-0.1, -0.05) is 48.0 Å². The summed E-state index contributed by atoms with van der Waals surface area (Å²) in [5, 5.41) is 5.33. The van der Waals surface area contributed by atoms with Crippen LogP contribution in [0.25, 0.3) is 33.2 Å². The predicted molar refractivity (Wildman–Crippen MR) is 145 cm³/mol. The fraction of sp³-hybridized carbons (Fsp3) is 0.0345. The molecule has 2 heterocycles. The molecule has 181 valence electrons. The minimum atomic E-state index is -3.79. The van der Waals surface area contributed by atoms with Crippen molar-refractivity contribution in [2.45, 2.75) is 11.8 Å². The van der Waals surface area contributed by atoms with Crippen molar-refractivity contribution in [1.82, 2.24) is 14.7 Å². The third kappa shape index (κ3) is 4.50. The van der Waals surface area contributed by atoms with Crippen molar-refractivity contribution in [2.75, 3.05) is 5.32 Å². The summed E-state index contributed by atoms with van der Waals surface area (Å²) in [4.78, 5) is 8.97.